The van der Waals surface area contributed by atoms with E-state index in [0.29, 0.717) is 24.7 Å². The third-order valence-corrected chi connectivity index (χ3v) is 2.73. The second-order valence-electron chi connectivity index (χ2n) is 3.23. The average Bonchev–Trinajstić information content (AvgIpc) is 2.79. The Labute approximate surface area is 96.9 Å². The first-order valence-electron chi connectivity index (χ1n) is 5.00. The molecule has 0 aliphatic heterocycles. The number of hydrogen-bond donors (Lipinski definition) is 1. The molecule has 0 unspecified atom stereocenters. The summed E-state index contributed by atoms with van der Waals surface area (Å²) in [6.45, 7) is 2.84. The number of hydrogen-bond acceptors (Lipinski definition) is 4. The summed E-state index contributed by atoms with van der Waals surface area (Å²) in [4.78, 5) is 18.4. The van der Waals surface area contributed by atoms with Crippen LogP contribution in [0, 0.1) is 0 Å². The van der Waals surface area contributed by atoms with Crippen LogP contribution in [0.4, 0.5) is 0 Å². The number of thiophene rings is 1. The van der Waals surface area contributed by atoms with Gasteiger partial charge in [0.15, 0.2) is 0 Å². The summed E-state index contributed by atoms with van der Waals surface area (Å²) < 4.78 is 5.22. The number of nitrogens with one attached hydrogen (secondary N) is 1. The van der Waals surface area contributed by atoms with Gasteiger partial charge in [0.05, 0.1) is 5.69 Å². The second kappa shape index (κ2) is 5.05. The van der Waals surface area contributed by atoms with Gasteiger partial charge in [-0.2, -0.15) is 11.3 Å². The molecule has 0 aliphatic rings. The molecular formula is C11H12N2O2S. The van der Waals surface area contributed by atoms with Crippen LogP contribution in [0.15, 0.2) is 27.7 Å². The SMILES string of the molecule is CCOCc1nc(-c2ccsc2)cc(=O)[nH]1. The van der Waals surface area contributed by atoms with Crippen molar-refractivity contribution in [2.24, 2.45) is 0 Å². The number of nitrogens with zero attached hydrogens (tertiary/aromatic N) is 1. The van der Waals surface area contributed by atoms with Crippen molar-refractivity contribution in [2.45, 2.75) is 13.5 Å². The molecule has 2 aromatic heterocycles. The maximum Gasteiger partial charge on any atom is 0.251 e. The average molecular weight is 236 g/mol. The van der Waals surface area contributed by atoms with Gasteiger partial charge in [0.1, 0.15) is 12.4 Å². The van der Waals surface area contributed by atoms with E-state index in [1.54, 1.807) is 11.3 Å². The minimum Gasteiger partial charge on any atom is -0.374 e. The normalized spacial score (nSPS) is 10.6. The Balaban J connectivity index is 2.33. The van der Waals surface area contributed by atoms with E-state index in [-0.39, 0.29) is 5.56 Å². The van der Waals surface area contributed by atoms with Gasteiger partial charge in [0, 0.05) is 23.6 Å². The molecule has 0 spiro atoms. The van der Waals surface area contributed by atoms with Crippen molar-refractivity contribution < 1.29 is 4.74 Å². The predicted octanol–water partition coefficient (Wildman–Crippen LogP) is 2.03. The molecule has 0 atom stereocenters. The van der Waals surface area contributed by atoms with Gasteiger partial charge in [0.2, 0.25) is 0 Å². The van der Waals surface area contributed by atoms with E-state index < -0.39 is 0 Å². The summed E-state index contributed by atoms with van der Waals surface area (Å²) in [7, 11) is 0. The highest BCUT2D eigenvalue weighted by Crippen LogP contribution is 2.18. The first kappa shape index (κ1) is 11.0. The van der Waals surface area contributed by atoms with Crippen molar-refractivity contribution in [2.75, 3.05) is 6.61 Å². The standard InChI is InChI=1S/C11H12N2O2S/c1-2-15-6-10-12-9(5-11(14)13-10)8-3-4-16-7-8/h3-5,7H,2,6H2,1H3,(H,12,13,14). The van der Waals surface area contributed by atoms with Crippen LogP contribution in [0.25, 0.3) is 11.3 Å². The Bertz CT molecular complexity index is 505. The maximum absolute atomic E-state index is 11.4. The van der Waals surface area contributed by atoms with Crippen molar-refractivity contribution in [1.82, 2.24) is 9.97 Å². The molecule has 0 fully saturated rings. The summed E-state index contributed by atoms with van der Waals surface area (Å²) in [6.07, 6.45) is 0. The zero-order chi connectivity index (χ0) is 11.4. The van der Waals surface area contributed by atoms with Crippen LogP contribution in [0.1, 0.15) is 12.7 Å². The zero-order valence-electron chi connectivity index (χ0n) is 8.90. The molecule has 16 heavy (non-hydrogen) atoms. The summed E-state index contributed by atoms with van der Waals surface area (Å²) in [6, 6.07) is 3.44. The van der Waals surface area contributed by atoms with Crippen LogP contribution in [0.2, 0.25) is 0 Å². The van der Waals surface area contributed by atoms with Crippen molar-refractivity contribution in [3.05, 3.63) is 39.1 Å². The van der Waals surface area contributed by atoms with E-state index in [1.165, 1.54) is 6.07 Å². The lowest BCUT2D eigenvalue weighted by Crippen LogP contribution is -2.12. The van der Waals surface area contributed by atoms with E-state index in [2.05, 4.69) is 9.97 Å². The predicted molar refractivity (Wildman–Crippen MR) is 63.5 cm³/mol. The maximum atomic E-state index is 11.4. The molecule has 0 saturated heterocycles. The van der Waals surface area contributed by atoms with Crippen LogP contribution < -0.4 is 5.56 Å². The summed E-state index contributed by atoms with van der Waals surface area (Å²) >= 11 is 1.58. The van der Waals surface area contributed by atoms with Gasteiger partial charge >= 0.3 is 0 Å². The Morgan fingerprint density at radius 3 is 3.12 bits per heavy atom. The monoisotopic (exact) mass is 236 g/mol. The van der Waals surface area contributed by atoms with E-state index in [0.717, 1.165) is 5.56 Å². The van der Waals surface area contributed by atoms with E-state index in [1.807, 2.05) is 23.8 Å². The van der Waals surface area contributed by atoms with E-state index in [9.17, 15) is 4.79 Å². The second-order valence-corrected chi connectivity index (χ2v) is 4.01. The summed E-state index contributed by atoms with van der Waals surface area (Å²) in [5.74, 6) is 0.565. The van der Waals surface area contributed by atoms with Crippen LogP contribution in [0.5, 0.6) is 0 Å². The largest absolute Gasteiger partial charge is 0.374 e. The molecular weight excluding hydrogens is 224 g/mol. The molecule has 1 N–H and O–H groups in total. The highest BCUT2D eigenvalue weighted by Gasteiger charge is 2.04. The molecule has 5 heteroatoms. The highest BCUT2D eigenvalue weighted by atomic mass is 32.1. The van der Waals surface area contributed by atoms with Gasteiger partial charge in [-0.15, -0.1) is 0 Å². The van der Waals surface area contributed by atoms with E-state index in [4.69, 9.17) is 4.74 Å². The molecule has 0 amide bonds. The summed E-state index contributed by atoms with van der Waals surface area (Å²) in [5.41, 5.74) is 1.51. The molecule has 84 valence electrons. The van der Waals surface area contributed by atoms with Crippen LogP contribution in [-0.4, -0.2) is 16.6 Å². The molecule has 0 aromatic carbocycles. The van der Waals surface area contributed by atoms with Crippen molar-refractivity contribution in [3.8, 4) is 11.3 Å². The first-order valence-corrected chi connectivity index (χ1v) is 5.94. The quantitative estimate of drug-likeness (QED) is 0.883. The Morgan fingerprint density at radius 1 is 1.56 bits per heavy atom. The molecule has 2 aromatic rings. The first-order chi connectivity index (χ1) is 7.79. The third-order valence-electron chi connectivity index (χ3n) is 2.05. The van der Waals surface area contributed by atoms with Crippen molar-refractivity contribution >= 4 is 11.3 Å². The Morgan fingerprint density at radius 2 is 2.44 bits per heavy atom. The molecule has 2 rings (SSSR count). The minimum absolute atomic E-state index is 0.147. The van der Waals surface area contributed by atoms with Gasteiger partial charge in [-0.3, -0.25) is 4.79 Å². The molecule has 0 saturated carbocycles. The van der Waals surface area contributed by atoms with Gasteiger partial charge in [0.25, 0.3) is 5.56 Å². The molecule has 4 nitrogen and oxygen atoms in total. The fraction of sp³-hybridized carbons (Fsp3) is 0.273. The lowest BCUT2D eigenvalue weighted by Gasteiger charge is -2.02. The molecule has 0 aliphatic carbocycles. The molecule has 0 bridgehead atoms. The van der Waals surface area contributed by atoms with Crippen molar-refractivity contribution in [3.63, 3.8) is 0 Å². The smallest absolute Gasteiger partial charge is 0.251 e. The fourth-order valence-electron chi connectivity index (χ4n) is 1.33. The third kappa shape index (κ3) is 2.56. The fourth-order valence-corrected chi connectivity index (χ4v) is 1.98. The minimum atomic E-state index is -0.147. The number of rotatable bonds is 4. The Kier molecular flexibility index (Phi) is 3.48. The molecule has 0 radical (unpaired) electrons. The number of aromatic nitrogens is 2. The van der Waals surface area contributed by atoms with Crippen LogP contribution in [0.3, 0.4) is 0 Å². The topological polar surface area (TPSA) is 55.0 Å². The zero-order valence-corrected chi connectivity index (χ0v) is 9.71. The number of aromatic amines is 1. The van der Waals surface area contributed by atoms with Gasteiger partial charge in [-0.05, 0) is 18.4 Å². The van der Waals surface area contributed by atoms with Gasteiger partial charge < -0.3 is 9.72 Å². The van der Waals surface area contributed by atoms with Crippen LogP contribution in [-0.2, 0) is 11.3 Å². The lowest BCUT2D eigenvalue weighted by molar-refractivity contribution is 0.128. The number of ether oxygens (including phenoxy) is 1. The van der Waals surface area contributed by atoms with Gasteiger partial charge in [-0.25, -0.2) is 4.98 Å². The Hall–Kier alpha value is -1.46. The van der Waals surface area contributed by atoms with E-state index >= 15 is 0 Å². The summed E-state index contributed by atoms with van der Waals surface area (Å²) in [5, 5.41) is 3.92. The lowest BCUT2D eigenvalue weighted by atomic mass is 10.2. The number of H-pyrrole nitrogens is 1. The van der Waals surface area contributed by atoms with Crippen molar-refractivity contribution in [1.29, 1.82) is 0 Å². The molecule has 2 heterocycles. The van der Waals surface area contributed by atoms with Crippen LogP contribution >= 0.6 is 11.3 Å². The van der Waals surface area contributed by atoms with Gasteiger partial charge in [-0.1, -0.05) is 0 Å². The highest BCUT2D eigenvalue weighted by molar-refractivity contribution is 7.08.